The zero-order chi connectivity index (χ0) is 18.0. The number of rotatable bonds is 4. The molecule has 0 atom stereocenters. The van der Waals surface area contributed by atoms with E-state index in [1.807, 2.05) is 0 Å². The quantitative estimate of drug-likeness (QED) is 0.630. The summed E-state index contributed by atoms with van der Waals surface area (Å²) in [6.07, 6.45) is -3.80. The minimum absolute atomic E-state index is 0.111. The van der Waals surface area contributed by atoms with Gasteiger partial charge in [-0.3, -0.25) is 0 Å². The lowest BCUT2D eigenvalue weighted by molar-refractivity contribution is -0.137. The molecule has 2 aromatic heterocycles. The summed E-state index contributed by atoms with van der Waals surface area (Å²) in [6, 6.07) is 7.76. The Morgan fingerprint density at radius 3 is 2.48 bits per heavy atom. The molecular weight excluding hydrogens is 379 g/mol. The Morgan fingerprint density at radius 2 is 1.88 bits per heavy atom. The second kappa shape index (κ2) is 6.93. The van der Waals surface area contributed by atoms with Gasteiger partial charge in [0.15, 0.2) is 0 Å². The molecular formula is C15H9ClF3N3O2S. The molecule has 0 radical (unpaired) electrons. The first-order valence-corrected chi connectivity index (χ1v) is 7.95. The minimum Gasteiger partial charge on any atom is -0.497 e. The molecule has 0 saturated carbocycles. The molecule has 130 valence electrons. The summed E-state index contributed by atoms with van der Waals surface area (Å²) in [5.74, 6) is 0.937. The average Bonchev–Trinajstić information content (AvgIpc) is 3.04. The van der Waals surface area contributed by atoms with Crippen LogP contribution in [0.3, 0.4) is 0 Å². The maximum atomic E-state index is 12.6. The van der Waals surface area contributed by atoms with Crippen molar-refractivity contribution < 1.29 is 22.3 Å². The first-order chi connectivity index (χ1) is 11.9. The van der Waals surface area contributed by atoms with Crippen molar-refractivity contribution in [3.8, 4) is 17.2 Å². The number of methoxy groups -OCH3 is 1. The number of halogens is 4. The summed E-state index contributed by atoms with van der Waals surface area (Å²) in [6.45, 7) is 0. The van der Waals surface area contributed by atoms with Crippen molar-refractivity contribution >= 4 is 23.4 Å². The fourth-order valence-corrected chi connectivity index (χ4v) is 2.75. The Hall–Kier alpha value is -2.26. The molecule has 0 spiro atoms. The lowest BCUT2D eigenvalue weighted by Crippen LogP contribution is -2.05. The lowest BCUT2D eigenvalue weighted by Gasteiger charge is -2.07. The number of pyridine rings is 1. The molecule has 0 amide bonds. The second-order valence-electron chi connectivity index (χ2n) is 4.71. The zero-order valence-electron chi connectivity index (χ0n) is 12.5. The Morgan fingerprint density at radius 1 is 1.16 bits per heavy atom. The van der Waals surface area contributed by atoms with E-state index in [0.29, 0.717) is 17.5 Å². The van der Waals surface area contributed by atoms with E-state index in [9.17, 15) is 13.2 Å². The molecule has 2 heterocycles. The van der Waals surface area contributed by atoms with E-state index in [4.69, 9.17) is 20.8 Å². The third-order valence-electron chi connectivity index (χ3n) is 3.06. The van der Waals surface area contributed by atoms with Gasteiger partial charge in [-0.1, -0.05) is 11.6 Å². The molecule has 3 rings (SSSR count). The molecule has 0 aliphatic heterocycles. The Kier molecular flexibility index (Phi) is 4.87. The van der Waals surface area contributed by atoms with Crippen LogP contribution < -0.4 is 4.74 Å². The van der Waals surface area contributed by atoms with Crippen molar-refractivity contribution in [2.75, 3.05) is 7.11 Å². The van der Waals surface area contributed by atoms with Crippen LogP contribution in [0.4, 0.5) is 13.2 Å². The maximum absolute atomic E-state index is 12.6. The highest BCUT2D eigenvalue weighted by Gasteiger charge is 2.31. The first kappa shape index (κ1) is 17.6. The summed E-state index contributed by atoms with van der Waals surface area (Å²) < 4.78 is 48.4. The number of hydrogen-bond donors (Lipinski definition) is 0. The Labute approximate surface area is 149 Å². The largest absolute Gasteiger partial charge is 0.497 e. The fourth-order valence-electron chi connectivity index (χ4n) is 1.84. The van der Waals surface area contributed by atoms with E-state index < -0.39 is 11.7 Å². The molecule has 1 aromatic carbocycles. The number of aromatic nitrogens is 3. The van der Waals surface area contributed by atoms with Crippen molar-refractivity contribution in [2.45, 2.75) is 16.4 Å². The van der Waals surface area contributed by atoms with Gasteiger partial charge in [-0.05, 0) is 42.1 Å². The van der Waals surface area contributed by atoms with Gasteiger partial charge in [0, 0.05) is 11.8 Å². The van der Waals surface area contributed by atoms with Crippen molar-refractivity contribution in [1.29, 1.82) is 0 Å². The van der Waals surface area contributed by atoms with E-state index in [1.54, 1.807) is 31.4 Å². The third kappa shape index (κ3) is 4.05. The summed E-state index contributed by atoms with van der Waals surface area (Å²) >= 11 is 6.74. The molecule has 0 saturated heterocycles. The summed E-state index contributed by atoms with van der Waals surface area (Å²) in [5, 5.41) is 7.83. The molecule has 0 bridgehead atoms. The van der Waals surface area contributed by atoms with E-state index in [1.165, 1.54) is 0 Å². The number of ether oxygens (including phenoxy) is 1. The highest BCUT2D eigenvalue weighted by Crippen LogP contribution is 2.36. The number of hydrogen-bond acceptors (Lipinski definition) is 6. The number of benzene rings is 1. The molecule has 0 fully saturated rings. The second-order valence-corrected chi connectivity index (χ2v) is 6.06. The van der Waals surface area contributed by atoms with Crippen molar-refractivity contribution in [3.63, 3.8) is 0 Å². The van der Waals surface area contributed by atoms with Gasteiger partial charge in [0.1, 0.15) is 10.8 Å². The van der Waals surface area contributed by atoms with E-state index >= 15 is 0 Å². The molecule has 10 heteroatoms. The fraction of sp³-hybridized carbons (Fsp3) is 0.133. The Balaban J connectivity index is 1.79. The van der Waals surface area contributed by atoms with Crippen molar-refractivity contribution in [2.24, 2.45) is 0 Å². The van der Waals surface area contributed by atoms with Crippen LogP contribution in [0.25, 0.3) is 11.5 Å². The number of nitrogens with zero attached hydrogens (tertiary/aromatic N) is 3. The summed E-state index contributed by atoms with van der Waals surface area (Å²) in [5.41, 5.74) is -0.252. The van der Waals surface area contributed by atoms with Crippen molar-refractivity contribution in [1.82, 2.24) is 15.2 Å². The van der Waals surface area contributed by atoms with Gasteiger partial charge in [-0.15, -0.1) is 10.2 Å². The molecule has 25 heavy (non-hydrogen) atoms. The van der Waals surface area contributed by atoms with Crippen LogP contribution in [0.1, 0.15) is 5.56 Å². The highest BCUT2D eigenvalue weighted by atomic mass is 35.5. The lowest BCUT2D eigenvalue weighted by atomic mass is 10.2. The summed E-state index contributed by atoms with van der Waals surface area (Å²) in [4.78, 5) is 3.71. The van der Waals surface area contributed by atoms with Crippen molar-refractivity contribution in [3.05, 3.63) is 47.1 Å². The average molecular weight is 388 g/mol. The van der Waals surface area contributed by atoms with Gasteiger partial charge in [0.2, 0.25) is 5.89 Å². The monoisotopic (exact) mass is 387 g/mol. The summed E-state index contributed by atoms with van der Waals surface area (Å²) in [7, 11) is 1.55. The topological polar surface area (TPSA) is 61.0 Å². The molecule has 0 aliphatic rings. The molecule has 0 N–H and O–H groups in total. The predicted molar refractivity (Wildman–Crippen MR) is 84.7 cm³/mol. The molecule has 0 aliphatic carbocycles. The van der Waals surface area contributed by atoms with E-state index in [-0.39, 0.29) is 21.2 Å². The van der Waals surface area contributed by atoms with Gasteiger partial charge in [-0.2, -0.15) is 13.2 Å². The SMILES string of the molecule is COc1ccc(-c2nnc(Sc3ncc(C(F)(F)F)cc3Cl)o2)cc1. The highest BCUT2D eigenvalue weighted by molar-refractivity contribution is 7.99. The number of alkyl halides is 3. The van der Waals surface area contributed by atoms with Gasteiger partial charge in [0.05, 0.1) is 17.7 Å². The van der Waals surface area contributed by atoms with Gasteiger partial charge in [0.25, 0.3) is 5.22 Å². The third-order valence-corrected chi connectivity index (χ3v) is 4.32. The zero-order valence-corrected chi connectivity index (χ0v) is 14.1. The van der Waals surface area contributed by atoms with E-state index in [2.05, 4.69) is 15.2 Å². The van der Waals surface area contributed by atoms with Gasteiger partial charge in [-0.25, -0.2) is 4.98 Å². The predicted octanol–water partition coefficient (Wildman–Crippen LogP) is 4.96. The molecule has 5 nitrogen and oxygen atoms in total. The van der Waals surface area contributed by atoms with Crippen LogP contribution >= 0.6 is 23.4 Å². The maximum Gasteiger partial charge on any atom is 0.417 e. The van der Waals surface area contributed by atoms with Crippen LogP contribution in [0.2, 0.25) is 5.02 Å². The van der Waals surface area contributed by atoms with E-state index in [0.717, 1.165) is 17.8 Å². The van der Waals surface area contributed by atoms with Crippen LogP contribution in [-0.4, -0.2) is 22.3 Å². The van der Waals surface area contributed by atoms with Gasteiger partial charge >= 0.3 is 6.18 Å². The van der Waals surface area contributed by atoms with Crippen LogP contribution in [-0.2, 0) is 6.18 Å². The molecule has 0 unspecified atom stereocenters. The smallest absolute Gasteiger partial charge is 0.417 e. The van der Waals surface area contributed by atoms with Crippen LogP contribution in [0.15, 0.2) is 51.2 Å². The van der Waals surface area contributed by atoms with Gasteiger partial charge < -0.3 is 9.15 Å². The standard InChI is InChI=1S/C15H9ClF3N3O2S/c1-23-10-4-2-8(3-5-10)12-21-22-14(24-12)25-13-11(16)6-9(7-20-13)15(17,18)19/h2-7H,1H3. The van der Waals surface area contributed by atoms with Crippen LogP contribution in [0.5, 0.6) is 5.75 Å². The first-order valence-electron chi connectivity index (χ1n) is 6.75. The van der Waals surface area contributed by atoms with Crippen LogP contribution in [0, 0.1) is 0 Å². The Bertz CT molecular complexity index is 884. The normalized spacial score (nSPS) is 11.6. The molecule has 3 aromatic rings. The minimum atomic E-state index is -4.51.